The van der Waals surface area contributed by atoms with Gasteiger partial charge < -0.3 is 15.4 Å². The molecule has 1 aliphatic heterocycles. The fraction of sp³-hybridized carbons (Fsp3) is 0.333. The van der Waals surface area contributed by atoms with Crippen LogP contribution in [0.5, 0.6) is 0 Å². The van der Waals surface area contributed by atoms with Crippen molar-refractivity contribution in [1.82, 2.24) is 10.6 Å². The van der Waals surface area contributed by atoms with Crippen LogP contribution in [0.25, 0.3) is 0 Å². The van der Waals surface area contributed by atoms with Crippen molar-refractivity contribution in [1.29, 1.82) is 0 Å². The first kappa shape index (κ1) is 16.4. The number of nitrogens with one attached hydrogen (secondary N) is 2. The summed E-state index contributed by atoms with van der Waals surface area (Å²) in [6, 6.07) is 2.75. The second-order valence-electron chi connectivity index (χ2n) is 5.20. The van der Waals surface area contributed by atoms with Crippen LogP contribution >= 0.6 is 12.2 Å². The van der Waals surface area contributed by atoms with Crippen LogP contribution in [-0.4, -0.2) is 17.2 Å². The number of allylic oxidation sites excluding steroid dienone is 1. The number of halogens is 2. The van der Waals surface area contributed by atoms with Gasteiger partial charge in [0.1, 0.15) is 0 Å². The number of hydrogen-bond acceptors (Lipinski definition) is 3. The molecule has 0 spiro atoms. The van der Waals surface area contributed by atoms with Gasteiger partial charge in [-0.3, -0.25) is 0 Å². The van der Waals surface area contributed by atoms with Crippen molar-refractivity contribution < 1.29 is 18.3 Å². The third-order valence-electron chi connectivity index (χ3n) is 3.11. The third-order valence-corrected chi connectivity index (χ3v) is 3.33. The largest absolute Gasteiger partial charge is 0.459 e. The monoisotopic (exact) mass is 326 g/mol. The summed E-state index contributed by atoms with van der Waals surface area (Å²) in [4.78, 5) is 12.3. The number of hydrogen-bond donors (Lipinski definition) is 2. The molecule has 0 aliphatic carbocycles. The van der Waals surface area contributed by atoms with Crippen molar-refractivity contribution >= 4 is 23.3 Å². The minimum atomic E-state index is -0.988. The summed E-state index contributed by atoms with van der Waals surface area (Å²) in [5.41, 5.74) is 1.19. The predicted octanol–water partition coefficient (Wildman–Crippen LogP) is 2.71. The van der Waals surface area contributed by atoms with E-state index < -0.39 is 23.6 Å². The summed E-state index contributed by atoms with van der Waals surface area (Å²) in [6.07, 6.45) is -0.299. The number of carbonyl (C=O) groups is 1. The Kier molecular flexibility index (Phi) is 4.75. The molecule has 0 bridgehead atoms. The molecule has 0 radical (unpaired) electrons. The van der Waals surface area contributed by atoms with Gasteiger partial charge in [0.25, 0.3) is 0 Å². The summed E-state index contributed by atoms with van der Waals surface area (Å²) in [7, 11) is 0. The Morgan fingerprint density at radius 1 is 1.32 bits per heavy atom. The van der Waals surface area contributed by atoms with E-state index in [0.29, 0.717) is 16.4 Å². The highest BCUT2D eigenvalue weighted by Gasteiger charge is 2.31. The van der Waals surface area contributed by atoms with E-state index in [1.165, 1.54) is 6.07 Å². The minimum Gasteiger partial charge on any atom is -0.459 e. The summed E-state index contributed by atoms with van der Waals surface area (Å²) in [5.74, 6) is -2.48. The lowest BCUT2D eigenvalue weighted by Crippen LogP contribution is -2.45. The average Bonchev–Trinajstić information content (AvgIpc) is 2.39. The molecular formula is C15H16F2N2O2S. The first-order chi connectivity index (χ1) is 10.3. The molecule has 4 nitrogen and oxygen atoms in total. The summed E-state index contributed by atoms with van der Waals surface area (Å²) in [6.45, 7) is 5.14. The molecule has 0 amide bonds. The zero-order valence-corrected chi connectivity index (χ0v) is 13.2. The number of rotatable bonds is 3. The standard InChI is InChI=1S/C15H16F2N2O2S/c1-7(2)21-14(20)12-8(3)18-15(22)19-13(12)9-4-5-10(16)11(17)6-9/h4-7,13H,1-3H3,(H2,18,19,22)/t13-/m0/s1. The van der Waals surface area contributed by atoms with Gasteiger partial charge in [-0.2, -0.15) is 0 Å². The summed E-state index contributed by atoms with van der Waals surface area (Å²) >= 11 is 5.07. The van der Waals surface area contributed by atoms with Crippen molar-refractivity contribution in [2.75, 3.05) is 0 Å². The Balaban J connectivity index is 2.45. The molecule has 7 heteroatoms. The molecule has 2 N–H and O–H groups in total. The maximum atomic E-state index is 13.5. The topological polar surface area (TPSA) is 50.4 Å². The Morgan fingerprint density at radius 2 is 2.00 bits per heavy atom. The van der Waals surface area contributed by atoms with Crippen LogP contribution in [0.4, 0.5) is 8.78 Å². The van der Waals surface area contributed by atoms with Crippen LogP contribution < -0.4 is 10.6 Å². The van der Waals surface area contributed by atoms with Crippen LogP contribution in [0.1, 0.15) is 32.4 Å². The SMILES string of the molecule is CC1=C(C(=O)OC(C)C)[C@H](c2ccc(F)c(F)c2)NC(=S)N1. The number of ether oxygens (including phenoxy) is 1. The Labute approximate surface area is 132 Å². The van der Waals surface area contributed by atoms with Gasteiger partial charge in [-0.25, -0.2) is 13.6 Å². The highest BCUT2D eigenvalue weighted by atomic mass is 32.1. The Hall–Kier alpha value is -2.02. The Morgan fingerprint density at radius 3 is 2.59 bits per heavy atom. The van der Waals surface area contributed by atoms with E-state index in [1.54, 1.807) is 20.8 Å². The number of carbonyl (C=O) groups excluding carboxylic acids is 1. The van der Waals surface area contributed by atoms with E-state index >= 15 is 0 Å². The smallest absolute Gasteiger partial charge is 0.338 e. The fourth-order valence-electron chi connectivity index (χ4n) is 2.18. The van der Waals surface area contributed by atoms with Gasteiger partial charge in [-0.1, -0.05) is 6.07 Å². The maximum absolute atomic E-state index is 13.5. The quantitative estimate of drug-likeness (QED) is 0.661. The first-order valence-corrected chi connectivity index (χ1v) is 7.14. The van der Waals surface area contributed by atoms with E-state index in [0.717, 1.165) is 12.1 Å². The molecule has 0 unspecified atom stereocenters. The maximum Gasteiger partial charge on any atom is 0.338 e. The van der Waals surface area contributed by atoms with E-state index in [4.69, 9.17) is 17.0 Å². The molecule has 0 saturated heterocycles. The molecular weight excluding hydrogens is 310 g/mol. The van der Waals surface area contributed by atoms with Crippen molar-refractivity contribution in [3.63, 3.8) is 0 Å². The molecule has 1 aromatic rings. The summed E-state index contributed by atoms with van der Waals surface area (Å²) < 4.78 is 31.8. The molecule has 1 atom stereocenters. The summed E-state index contributed by atoms with van der Waals surface area (Å²) in [5, 5.41) is 6.03. The van der Waals surface area contributed by atoms with Crippen LogP contribution in [0, 0.1) is 11.6 Å². The second kappa shape index (κ2) is 6.39. The van der Waals surface area contributed by atoms with Gasteiger partial charge in [-0.05, 0) is 50.7 Å². The van der Waals surface area contributed by atoms with E-state index in [1.807, 2.05) is 0 Å². The lowest BCUT2D eigenvalue weighted by Gasteiger charge is -2.30. The fourth-order valence-corrected chi connectivity index (χ4v) is 2.45. The normalized spacial score (nSPS) is 18.1. The van der Waals surface area contributed by atoms with Gasteiger partial charge >= 0.3 is 5.97 Å². The Bertz CT molecular complexity index is 659. The molecule has 0 fully saturated rings. The minimum absolute atomic E-state index is 0.285. The molecule has 1 aliphatic rings. The molecule has 1 heterocycles. The number of thiocarbonyl (C=S) groups is 1. The molecule has 2 rings (SSSR count). The van der Waals surface area contributed by atoms with E-state index in [9.17, 15) is 13.6 Å². The van der Waals surface area contributed by atoms with Gasteiger partial charge in [0.05, 0.1) is 17.7 Å². The van der Waals surface area contributed by atoms with Gasteiger partial charge in [0, 0.05) is 5.70 Å². The van der Waals surface area contributed by atoms with Crippen LogP contribution in [-0.2, 0) is 9.53 Å². The first-order valence-electron chi connectivity index (χ1n) is 6.73. The van der Waals surface area contributed by atoms with Gasteiger partial charge in [0.2, 0.25) is 0 Å². The zero-order chi connectivity index (χ0) is 16.4. The van der Waals surface area contributed by atoms with Crippen molar-refractivity contribution in [3.8, 4) is 0 Å². The van der Waals surface area contributed by atoms with E-state index in [2.05, 4.69) is 10.6 Å². The average molecular weight is 326 g/mol. The number of benzene rings is 1. The van der Waals surface area contributed by atoms with Crippen LogP contribution in [0.3, 0.4) is 0 Å². The molecule has 22 heavy (non-hydrogen) atoms. The lowest BCUT2D eigenvalue weighted by molar-refractivity contribution is -0.143. The third kappa shape index (κ3) is 3.41. The zero-order valence-electron chi connectivity index (χ0n) is 12.4. The second-order valence-corrected chi connectivity index (χ2v) is 5.61. The van der Waals surface area contributed by atoms with Crippen molar-refractivity contribution in [3.05, 3.63) is 46.7 Å². The molecule has 1 aromatic carbocycles. The predicted molar refractivity (Wildman–Crippen MR) is 81.9 cm³/mol. The van der Waals surface area contributed by atoms with Gasteiger partial charge in [-0.15, -0.1) is 0 Å². The van der Waals surface area contributed by atoms with Crippen LogP contribution in [0.15, 0.2) is 29.5 Å². The molecule has 118 valence electrons. The van der Waals surface area contributed by atoms with Gasteiger partial charge in [0.15, 0.2) is 16.7 Å². The molecule has 0 saturated carbocycles. The highest BCUT2D eigenvalue weighted by Crippen LogP contribution is 2.28. The van der Waals surface area contributed by atoms with Crippen molar-refractivity contribution in [2.24, 2.45) is 0 Å². The number of esters is 1. The van der Waals surface area contributed by atoms with Crippen LogP contribution in [0.2, 0.25) is 0 Å². The molecule has 0 aromatic heterocycles. The van der Waals surface area contributed by atoms with E-state index in [-0.39, 0.29) is 11.7 Å². The van der Waals surface area contributed by atoms with Crippen molar-refractivity contribution in [2.45, 2.75) is 32.9 Å². The highest BCUT2D eigenvalue weighted by molar-refractivity contribution is 7.80. The lowest BCUT2D eigenvalue weighted by atomic mass is 9.95.